The molecule has 2 aliphatic carbocycles. The van der Waals surface area contributed by atoms with Crippen molar-refractivity contribution in [3.05, 3.63) is 0 Å². The predicted molar refractivity (Wildman–Crippen MR) is 64.8 cm³/mol. The highest BCUT2D eigenvalue weighted by atomic mass is 16.2. The van der Waals surface area contributed by atoms with Gasteiger partial charge in [0.1, 0.15) is 0 Å². The largest absolute Gasteiger partial charge is 0.344 e. The van der Waals surface area contributed by atoms with Crippen LogP contribution in [-0.4, -0.2) is 30.4 Å². The molecule has 92 valence electrons. The van der Waals surface area contributed by atoms with Crippen LogP contribution in [0.1, 0.15) is 39.0 Å². The molecule has 0 aromatic heterocycles. The Bertz CT molecular complexity index is 267. The molecule has 3 unspecified atom stereocenters. The van der Waals surface area contributed by atoms with Crippen LogP contribution in [0.5, 0.6) is 0 Å². The van der Waals surface area contributed by atoms with Crippen LogP contribution in [0.3, 0.4) is 0 Å². The number of likely N-dealkylation sites (N-methyl/N-ethyl adjacent to an activating group) is 1. The molecule has 2 saturated carbocycles. The summed E-state index contributed by atoms with van der Waals surface area (Å²) >= 11 is 0. The van der Waals surface area contributed by atoms with Gasteiger partial charge in [-0.2, -0.15) is 0 Å². The second-order valence-electron chi connectivity index (χ2n) is 5.67. The van der Waals surface area contributed by atoms with Crippen LogP contribution < -0.4 is 5.73 Å². The fourth-order valence-electron chi connectivity index (χ4n) is 3.50. The summed E-state index contributed by atoms with van der Waals surface area (Å²) < 4.78 is 0. The zero-order valence-corrected chi connectivity index (χ0v) is 10.5. The van der Waals surface area contributed by atoms with E-state index in [0.717, 1.165) is 30.7 Å². The molecule has 2 bridgehead atoms. The number of hydrogen-bond acceptors (Lipinski definition) is 2. The molecular weight excluding hydrogens is 200 g/mol. The molecule has 0 spiro atoms. The van der Waals surface area contributed by atoms with Crippen molar-refractivity contribution in [1.82, 2.24) is 4.90 Å². The number of nitrogens with zero attached hydrogens (tertiary/aromatic N) is 1. The van der Waals surface area contributed by atoms with Gasteiger partial charge >= 0.3 is 0 Å². The van der Waals surface area contributed by atoms with Gasteiger partial charge in [0.25, 0.3) is 0 Å². The molecule has 0 aromatic rings. The lowest BCUT2D eigenvalue weighted by Gasteiger charge is -2.28. The second kappa shape index (κ2) is 4.74. The molecule has 0 aliphatic heterocycles. The summed E-state index contributed by atoms with van der Waals surface area (Å²) in [5.41, 5.74) is 5.78. The van der Waals surface area contributed by atoms with Gasteiger partial charge in [-0.05, 0) is 43.4 Å². The number of amides is 1. The zero-order valence-electron chi connectivity index (χ0n) is 10.5. The Morgan fingerprint density at radius 2 is 2.19 bits per heavy atom. The van der Waals surface area contributed by atoms with Gasteiger partial charge in [0.2, 0.25) is 5.91 Å². The Kier molecular flexibility index (Phi) is 3.53. The normalized spacial score (nSPS) is 34.1. The van der Waals surface area contributed by atoms with Gasteiger partial charge in [0, 0.05) is 13.6 Å². The van der Waals surface area contributed by atoms with E-state index in [2.05, 4.69) is 0 Å². The minimum atomic E-state index is -0.302. The van der Waals surface area contributed by atoms with Crippen LogP contribution in [0, 0.1) is 17.8 Å². The molecule has 0 aromatic carbocycles. The first kappa shape index (κ1) is 11.9. The second-order valence-corrected chi connectivity index (χ2v) is 5.67. The summed E-state index contributed by atoms with van der Waals surface area (Å²) in [5, 5.41) is 0. The Hall–Kier alpha value is -0.570. The van der Waals surface area contributed by atoms with Gasteiger partial charge in [-0.15, -0.1) is 0 Å². The third kappa shape index (κ3) is 2.24. The first-order valence-corrected chi connectivity index (χ1v) is 6.62. The third-order valence-corrected chi connectivity index (χ3v) is 4.53. The summed E-state index contributed by atoms with van der Waals surface area (Å²) in [7, 11) is 1.91. The minimum Gasteiger partial charge on any atom is -0.344 e. The van der Waals surface area contributed by atoms with E-state index >= 15 is 0 Å². The number of nitrogens with two attached hydrogens (primary N) is 1. The molecule has 2 N–H and O–H groups in total. The standard InChI is InChI=1S/C13H24N2O/c1-3-12(14)13(16)15(2)8-11-7-9-4-5-10(11)6-9/h9-12H,3-8,14H2,1-2H3/t9?,10?,11?,12-/m0/s1. The molecule has 0 radical (unpaired) electrons. The lowest BCUT2D eigenvalue weighted by molar-refractivity contribution is -0.132. The zero-order chi connectivity index (χ0) is 11.7. The van der Waals surface area contributed by atoms with Crippen molar-refractivity contribution in [2.24, 2.45) is 23.5 Å². The van der Waals surface area contributed by atoms with Crippen molar-refractivity contribution in [2.45, 2.75) is 45.1 Å². The lowest BCUT2D eigenvalue weighted by Crippen LogP contribution is -2.43. The van der Waals surface area contributed by atoms with Crippen molar-refractivity contribution in [2.75, 3.05) is 13.6 Å². The van der Waals surface area contributed by atoms with Crippen LogP contribution in [0.25, 0.3) is 0 Å². The van der Waals surface area contributed by atoms with Crippen molar-refractivity contribution in [3.8, 4) is 0 Å². The molecule has 0 heterocycles. The lowest BCUT2D eigenvalue weighted by atomic mass is 9.88. The monoisotopic (exact) mass is 224 g/mol. The Morgan fingerprint density at radius 3 is 2.69 bits per heavy atom. The van der Waals surface area contributed by atoms with Crippen LogP contribution >= 0.6 is 0 Å². The maximum atomic E-state index is 11.9. The van der Waals surface area contributed by atoms with Crippen LogP contribution in [0.15, 0.2) is 0 Å². The molecule has 2 rings (SSSR count). The predicted octanol–water partition coefficient (Wildman–Crippen LogP) is 1.62. The molecule has 4 atom stereocenters. The van der Waals surface area contributed by atoms with E-state index in [1.54, 1.807) is 0 Å². The summed E-state index contributed by atoms with van der Waals surface area (Å²) in [6, 6.07) is -0.302. The fourth-order valence-corrected chi connectivity index (χ4v) is 3.50. The first-order chi connectivity index (χ1) is 7.61. The average Bonchev–Trinajstić information content (AvgIpc) is 2.88. The molecule has 1 amide bonds. The Balaban J connectivity index is 1.83. The summed E-state index contributed by atoms with van der Waals surface area (Å²) in [4.78, 5) is 13.7. The number of fused-ring (bicyclic) bond motifs is 2. The summed E-state index contributed by atoms with van der Waals surface area (Å²) in [6.07, 6.45) is 6.29. The molecule has 0 saturated heterocycles. The number of hydrogen-bond donors (Lipinski definition) is 1. The van der Waals surface area contributed by atoms with Crippen LogP contribution in [-0.2, 0) is 4.79 Å². The van der Waals surface area contributed by atoms with E-state index in [1.807, 2.05) is 18.9 Å². The highest BCUT2D eigenvalue weighted by molar-refractivity contribution is 5.81. The minimum absolute atomic E-state index is 0.116. The molecule has 3 nitrogen and oxygen atoms in total. The van der Waals surface area contributed by atoms with E-state index in [4.69, 9.17) is 5.73 Å². The van der Waals surface area contributed by atoms with Crippen molar-refractivity contribution in [3.63, 3.8) is 0 Å². The topological polar surface area (TPSA) is 46.3 Å². The third-order valence-electron chi connectivity index (χ3n) is 4.53. The quantitative estimate of drug-likeness (QED) is 0.788. The van der Waals surface area contributed by atoms with E-state index in [1.165, 1.54) is 25.7 Å². The van der Waals surface area contributed by atoms with Gasteiger partial charge in [0.15, 0.2) is 0 Å². The van der Waals surface area contributed by atoms with Gasteiger partial charge < -0.3 is 10.6 Å². The maximum Gasteiger partial charge on any atom is 0.239 e. The highest BCUT2D eigenvalue weighted by Gasteiger charge is 2.40. The SMILES string of the molecule is CC[C@H](N)C(=O)N(C)CC1CC2CCC1C2. The Labute approximate surface area is 98.4 Å². The molecule has 3 heteroatoms. The van der Waals surface area contributed by atoms with Crippen molar-refractivity contribution in [1.29, 1.82) is 0 Å². The fraction of sp³-hybridized carbons (Fsp3) is 0.923. The van der Waals surface area contributed by atoms with Crippen LogP contribution in [0.4, 0.5) is 0 Å². The number of carbonyl (C=O) groups is 1. The Morgan fingerprint density at radius 1 is 1.44 bits per heavy atom. The smallest absolute Gasteiger partial charge is 0.239 e. The average molecular weight is 224 g/mol. The van der Waals surface area contributed by atoms with Gasteiger partial charge in [0.05, 0.1) is 6.04 Å². The number of carbonyl (C=O) groups excluding carboxylic acids is 1. The summed E-state index contributed by atoms with van der Waals surface area (Å²) in [6.45, 7) is 2.89. The van der Waals surface area contributed by atoms with E-state index in [-0.39, 0.29) is 11.9 Å². The van der Waals surface area contributed by atoms with E-state index in [0.29, 0.717) is 0 Å². The van der Waals surface area contributed by atoms with E-state index < -0.39 is 0 Å². The molecular formula is C13H24N2O. The maximum absolute atomic E-state index is 11.9. The molecule has 16 heavy (non-hydrogen) atoms. The highest BCUT2D eigenvalue weighted by Crippen LogP contribution is 2.48. The number of rotatable bonds is 4. The van der Waals surface area contributed by atoms with Crippen molar-refractivity contribution >= 4 is 5.91 Å². The van der Waals surface area contributed by atoms with E-state index in [9.17, 15) is 4.79 Å². The first-order valence-electron chi connectivity index (χ1n) is 6.62. The van der Waals surface area contributed by atoms with Gasteiger partial charge in [-0.25, -0.2) is 0 Å². The van der Waals surface area contributed by atoms with Gasteiger partial charge in [-0.3, -0.25) is 4.79 Å². The van der Waals surface area contributed by atoms with Gasteiger partial charge in [-0.1, -0.05) is 13.3 Å². The van der Waals surface area contributed by atoms with Crippen LogP contribution in [0.2, 0.25) is 0 Å². The summed E-state index contributed by atoms with van der Waals surface area (Å²) in [5.74, 6) is 2.71. The van der Waals surface area contributed by atoms with Crippen molar-refractivity contribution < 1.29 is 4.79 Å². The molecule has 2 aliphatic rings. The molecule has 2 fully saturated rings.